The average Bonchev–Trinajstić information content (AvgIpc) is 3.24. The van der Waals surface area contributed by atoms with E-state index in [2.05, 4.69) is 14.6 Å². The van der Waals surface area contributed by atoms with Crippen molar-refractivity contribution in [2.45, 2.75) is 43.9 Å². The van der Waals surface area contributed by atoms with Gasteiger partial charge in [0.1, 0.15) is 5.82 Å². The summed E-state index contributed by atoms with van der Waals surface area (Å²) in [5.41, 5.74) is 1.14. The summed E-state index contributed by atoms with van der Waals surface area (Å²) in [5.74, 6) is 0.936. The number of aromatic nitrogens is 1. The fourth-order valence-electron chi connectivity index (χ4n) is 2.64. The Bertz CT molecular complexity index is 567. The summed E-state index contributed by atoms with van der Waals surface area (Å²) in [6.07, 6.45) is 5.38. The highest BCUT2D eigenvalue weighted by Crippen LogP contribution is 2.28. The number of sulfonamides is 1. The summed E-state index contributed by atoms with van der Waals surface area (Å²) < 4.78 is 26.9. The maximum atomic E-state index is 12.0. The Morgan fingerprint density at radius 3 is 2.75 bits per heavy atom. The zero-order valence-electron chi connectivity index (χ0n) is 11.7. The maximum Gasteiger partial charge on any atom is 0.214 e. The SMILES string of the molecule is Cc1ccc(N2CCCC(NS(=O)(=O)C3CC3)C2)nc1. The lowest BCUT2D eigenvalue weighted by atomic mass is 10.1. The molecule has 2 heterocycles. The van der Waals surface area contributed by atoms with E-state index in [0.717, 1.165) is 43.6 Å². The predicted octanol–water partition coefficient (Wildman–Crippen LogP) is 1.44. The predicted molar refractivity (Wildman–Crippen MR) is 79.3 cm³/mol. The van der Waals surface area contributed by atoms with Gasteiger partial charge in [0.05, 0.1) is 5.25 Å². The van der Waals surface area contributed by atoms with E-state index < -0.39 is 10.0 Å². The van der Waals surface area contributed by atoms with Crippen LogP contribution in [0.4, 0.5) is 5.82 Å². The van der Waals surface area contributed by atoms with Gasteiger partial charge in [0, 0.05) is 25.3 Å². The first-order valence-corrected chi connectivity index (χ1v) is 8.78. The van der Waals surface area contributed by atoms with E-state index in [-0.39, 0.29) is 11.3 Å². The van der Waals surface area contributed by atoms with Crippen molar-refractivity contribution >= 4 is 15.8 Å². The molecule has 0 amide bonds. The molecule has 5 nitrogen and oxygen atoms in total. The van der Waals surface area contributed by atoms with E-state index in [9.17, 15) is 8.42 Å². The van der Waals surface area contributed by atoms with Crippen LogP contribution in [0.15, 0.2) is 18.3 Å². The zero-order chi connectivity index (χ0) is 14.2. The van der Waals surface area contributed by atoms with Gasteiger partial charge in [-0.05, 0) is 44.2 Å². The zero-order valence-corrected chi connectivity index (χ0v) is 12.6. The van der Waals surface area contributed by atoms with Crippen LogP contribution in [0.25, 0.3) is 0 Å². The summed E-state index contributed by atoms with van der Waals surface area (Å²) in [6.45, 7) is 3.67. The number of hydrogen-bond acceptors (Lipinski definition) is 4. The van der Waals surface area contributed by atoms with Gasteiger partial charge >= 0.3 is 0 Å². The Balaban J connectivity index is 1.65. The number of anilines is 1. The van der Waals surface area contributed by atoms with E-state index in [1.165, 1.54) is 0 Å². The maximum absolute atomic E-state index is 12.0. The fourth-order valence-corrected chi connectivity index (χ4v) is 4.24. The molecule has 110 valence electrons. The average molecular weight is 295 g/mol. The molecule has 1 saturated carbocycles. The van der Waals surface area contributed by atoms with Gasteiger partial charge in [-0.2, -0.15) is 0 Å². The van der Waals surface area contributed by atoms with E-state index in [4.69, 9.17) is 0 Å². The summed E-state index contributed by atoms with van der Waals surface area (Å²) in [5, 5.41) is -0.143. The van der Waals surface area contributed by atoms with Crippen molar-refractivity contribution in [3.05, 3.63) is 23.9 Å². The lowest BCUT2D eigenvalue weighted by Gasteiger charge is -2.33. The Labute approximate surface area is 120 Å². The third-order valence-corrected chi connectivity index (χ3v) is 5.95. The molecular formula is C14H21N3O2S. The lowest BCUT2D eigenvalue weighted by Crippen LogP contribution is -2.48. The van der Waals surface area contributed by atoms with Gasteiger partial charge in [-0.3, -0.25) is 0 Å². The van der Waals surface area contributed by atoms with E-state index >= 15 is 0 Å². The number of nitrogens with zero attached hydrogens (tertiary/aromatic N) is 2. The van der Waals surface area contributed by atoms with Crippen molar-refractivity contribution in [3.63, 3.8) is 0 Å². The van der Waals surface area contributed by atoms with Gasteiger partial charge in [-0.1, -0.05) is 6.07 Å². The molecular weight excluding hydrogens is 274 g/mol. The van der Waals surface area contributed by atoms with Crippen molar-refractivity contribution in [2.75, 3.05) is 18.0 Å². The van der Waals surface area contributed by atoms with Crippen molar-refractivity contribution < 1.29 is 8.42 Å². The molecule has 1 aliphatic heterocycles. The Hall–Kier alpha value is -1.14. The number of hydrogen-bond donors (Lipinski definition) is 1. The quantitative estimate of drug-likeness (QED) is 0.913. The van der Waals surface area contributed by atoms with Crippen molar-refractivity contribution in [3.8, 4) is 0 Å². The molecule has 1 aromatic heterocycles. The largest absolute Gasteiger partial charge is 0.355 e. The first kappa shape index (κ1) is 13.8. The molecule has 0 spiro atoms. The first-order valence-electron chi connectivity index (χ1n) is 7.23. The van der Waals surface area contributed by atoms with Crippen LogP contribution in [-0.4, -0.2) is 37.8 Å². The highest BCUT2D eigenvalue weighted by molar-refractivity contribution is 7.90. The van der Waals surface area contributed by atoms with E-state index in [0.29, 0.717) is 6.54 Å². The first-order chi connectivity index (χ1) is 9.54. The second kappa shape index (κ2) is 5.33. The van der Waals surface area contributed by atoms with Gasteiger partial charge in [0.15, 0.2) is 0 Å². The van der Waals surface area contributed by atoms with Gasteiger partial charge in [-0.25, -0.2) is 18.1 Å². The molecule has 1 saturated heterocycles. The number of rotatable bonds is 4. The third-order valence-electron chi connectivity index (χ3n) is 3.94. The number of pyridine rings is 1. The molecule has 6 heteroatoms. The molecule has 2 fully saturated rings. The summed E-state index contributed by atoms with van der Waals surface area (Å²) in [6, 6.07) is 4.06. The van der Waals surface area contributed by atoms with Crippen LogP contribution in [0.2, 0.25) is 0 Å². The van der Waals surface area contributed by atoms with Gasteiger partial charge in [0.2, 0.25) is 10.0 Å². The van der Waals surface area contributed by atoms with Crippen LogP contribution in [0, 0.1) is 6.92 Å². The van der Waals surface area contributed by atoms with Crippen molar-refractivity contribution in [2.24, 2.45) is 0 Å². The van der Waals surface area contributed by atoms with E-state index in [1.807, 2.05) is 25.3 Å². The number of aryl methyl sites for hydroxylation is 1. The number of piperidine rings is 1. The van der Waals surface area contributed by atoms with Gasteiger partial charge < -0.3 is 4.90 Å². The topological polar surface area (TPSA) is 62.3 Å². The Morgan fingerprint density at radius 1 is 1.30 bits per heavy atom. The smallest absolute Gasteiger partial charge is 0.214 e. The van der Waals surface area contributed by atoms with Crippen LogP contribution in [0.5, 0.6) is 0 Å². The standard InChI is InChI=1S/C14H21N3O2S/c1-11-4-7-14(15-9-11)17-8-2-3-12(10-17)16-20(18,19)13-5-6-13/h4,7,9,12-13,16H,2-3,5-6,8,10H2,1H3. The molecule has 1 aromatic rings. The van der Waals surface area contributed by atoms with Gasteiger partial charge in [0.25, 0.3) is 0 Å². The molecule has 0 bridgehead atoms. The van der Waals surface area contributed by atoms with Crippen LogP contribution in [0.3, 0.4) is 0 Å². The molecule has 0 aromatic carbocycles. The minimum Gasteiger partial charge on any atom is -0.355 e. The Morgan fingerprint density at radius 2 is 2.10 bits per heavy atom. The normalized spacial score (nSPS) is 23.9. The summed E-state index contributed by atoms with van der Waals surface area (Å²) in [4.78, 5) is 6.60. The number of nitrogens with one attached hydrogen (secondary N) is 1. The molecule has 2 aliphatic rings. The fraction of sp³-hybridized carbons (Fsp3) is 0.643. The molecule has 3 rings (SSSR count). The lowest BCUT2D eigenvalue weighted by molar-refractivity contribution is 0.463. The minimum atomic E-state index is -3.10. The molecule has 1 atom stereocenters. The third kappa shape index (κ3) is 3.12. The Kier molecular flexibility index (Phi) is 3.69. The van der Waals surface area contributed by atoms with Crippen molar-refractivity contribution in [1.29, 1.82) is 0 Å². The van der Waals surface area contributed by atoms with Crippen LogP contribution in [0.1, 0.15) is 31.2 Å². The second-order valence-corrected chi connectivity index (χ2v) is 7.83. The minimum absolute atomic E-state index is 0.0115. The van der Waals surface area contributed by atoms with Gasteiger partial charge in [-0.15, -0.1) is 0 Å². The summed E-state index contributed by atoms with van der Waals surface area (Å²) >= 11 is 0. The highest BCUT2D eigenvalue weighted by Gasteiger charge is 2.37. The van der Waals surface area contributed by atoms with Crippen LogP contribution in [-0.2, 0) is 10.0 Å². The monoisotopic (exact) mass is 295 g/mol. The van der Waals surface area contributed by atoms with E-state index in [1.54, 1.807) is 0 Å². The molecule has 1 N–H and O–H groups in total. The van der Waals surface area contributed by atoms with Crippen LogP contribution < -0.4 is 9.62 Å². The molecule has 0 radical (unpaired) electrons. The van der Waals surface area contributed by atoms with Crippen molar-refractivity contribution in [1.82, 2.24) is 9.71 Å². The molecule has 1 unspecified atom stereocenters. The molecule has 20 heavy (non-hydrogen) atoms. The molecule has 1 aliphatic carbocycles. The summed E-state index contributed by atoms with van der Waals surface area (Å²) in [7, 11) is -3.10. The highest BCUT2D eigenvalue weighted by atomic mass is 32.2. The second-order valence-electron chi connectivity index (χ2n) is 5.84. The van der Waals surface area contributed by atoms with Crippen LogP contribution >= 0.6 is 0 Å².